The van der Waals surface area contributed by atoms with Gasteiger partial charge in [-0.3, -0.25) is 4.79 Å². The standard InChI is InChI=1S/C14H15BrF3NO/c1-8-5-9(2)19(7-8)13(20)11-4-3-10(15)6-12(11)14(16,17)18/h3-4,6,8-9H,5,7H2,1-2H3. The van der Waals surface area contributed by atoms with E-state index >= 15 is 0 Å². The second-order valence-corrected chi connectivity index (χ2v) is 6.25. The van der Waals surface area contributed by atoms with Gasteiger partial charge in [0.15, 0.2) is 0 Å². The molecule has 0 aromatic heterocycles. The first-order valence-corrected chi connectivity index (χ1v) is 7.17. The summed E-state index contributed by atoms with van der Waals surface area (Å²) >= 11 is 3.02. The summed E-state index contributed by atoms with van der Waals surface area (Å²) in [4.78, 5) is 13.9. The van der Waals surface area contributed by atoms with Crippen LogP contribution in [0.1, 0.15) is 36.2 Å². The van der Waals surface area contributed by atoms with Crippen molar-refractivity contribution < 1.29 is 18.0 Å². The first-order valence-electron chi connectivity index (χ1n) is 6.38. The van der Waals surface area contributed by atoms with E-state index in [0.717, 1.165) is 12.5 Å². The van der Waals surface area contributed by atoms with Crippen molar-refractivity contribution in [1.29, 1.82) is 0 Å². The largest absolute Gasteiger partial charge is 0.417 e. The van der Waals surface area contributed by atoms with Gasteiger partial charge in [-0.15, -0.1) is 0 Å². The van der Waals surface area contributed by atoms with Crippen molar-refractivity contribution in [2.24, 2.45) is 5.92 Å². The van der Waals surface area contributed by atoms with Crippen LogP contribution >= 0.6 is 15.9 Å². The number of likely N-dealkylation sites (tertiary alicyclic amines) is 1. The van der Waals surface area contributed by atoms with E-state index in [4.69, 9.17) is 0 Å². The average molecular weight is 350 g/mol. The molecule has 0 N–H and O–H groups in total. The predicted octanol–water partition coefficient (Wildman–Crippen LogP) is 4.34. The molecule has 1 saturated heterocycles. The molecule has 0 spiro atoms. The number of rotatable bonds is 1. The maximum absolute atomic E-state index is 13.1. The van der Waals surface area contributed by atoms with Crippen LogP contribution in [-0.2, 0) is 6.18 Å². The van der Waals surface area contributed by atoms with Crippen molar-refractivity contribution in [3.05, 3.63) is 33.8 Å². The number of carbonyl (C=O) groups excluding carboxylic acids is 1. The van der Waals surface area contributed by atoms with Crippen LogP contribution in [0.2, 0.25) is 0 Å². The van der Waals surface area contributed by atoms with Gasteiger partial charge in [-0.2, -0.15) is 13.2 Å². The Morgan fingerprint density at radius 2 is 2.00 bits per heavy atom. The molecular weight excluding hydrogens is 335 g/mol. The zero-order chi connectivity index (χ0) is 15.1. The number of halogens is 4. The van der Waals surface area contributed by atoms with Gasteiger partial charge in [0.05, 0.1) is 11.1 Å². The number of amides is 1. The predicted molar refractivity (Wildman–Crippen MR) is 73.4 cm³/mol. The van der Waals surface area contributed by atoms with Gasteiger partial charge < -0.3 is 4.90 Å². The Bertz CT molecular complexity index is 530. The summed E-state index contributed by atoms with van der Waals surface area (Å²) in [6.45, 7) is 4.37. The molecule has 0 bridgehead atoms. The molecule has 0 aliphatic carbocycles. The van der Waals surface area contributed by atoms with E-state index in [2.05, 4.69) is 15.9 Å². The van der Waals surface area contributed by atoms with Gasteiger partial charge in [-0.1, -0.05) is 22.9 Å². The van der Waals surface area contributed by atoms with Crippen LogP contribution in [0.3, 0.4) is 0 Å². The molecule has 6 heteroatoms. The molecule has 1 aromatic carbocycles. The van der Waals surface area contributed by atoms with Gasteiger partial charge in [0, 0.05) is 17.1 Å². The first kappa shape index (κ1) is 15.4. The summed E-state index contributed by atoms with van der Waals surface area (Å²) in [7, 11) is 0. The second kappa shape index (κ2) is 5.39. The van der Waals surface area contributed by atoms with Gasteiger partial charge in [0.25, 0.3) is 5.91 Å². The van der Waals surface area contributed by atoms with E-state index in [0.29, 0.717) is 16.9 Å². The molecule has 0 saturated carbocycles. The first-order chi connectivity index (χ1) is 9.20. The Labute approximate surface area is 124 Å². The van der Waals surface area contributed by atoms with Crippen LogP contribution in [-0.4, -0.2) is 23.4 Å². The third-order valence-electron chi connectivity index (χ3n) is 3.56. The van der Waals surface area contributed by atoms with Gasteiger partial charge in [0.1, 0.15) is 0 Å². The highest BCUT2D eigenvalue weighted by molar-refractivity contribution is 9.10. The zero-order valence-corrected chi connectivity index (χ0v) is 12.8. The SMILES string of the molecule is CC1CC(C)N(C(=O)c2ccc(Br)cc2C(F)(F)F)C1. The van der Waals surface area contributed by atoms with Crippen LogP contribution in [0.15, 0.2) is 22.7 Å². The van der Waals surface area contributed by atoms with Crippen molar-refractivity contribution in [1.82, 2.24) is 4.90 Å². The zero-order valence-electron chi connectivity index (χ0n) is 11.2. The maximum atomic E-state index is 13.1. The lowest BCUT2D eigenvalue weighted by Crippen LogP contribution is -2.35. The van der Waals surface area contributed by atoms with Gasteiger partial charge in [0.2, 0.25) is 0 Å². The topological polar surface area (TPSA) is 20.3 Å². The lowest BCUT2D eigenvalue weighted by atomic mass is 10.1. The maximum Gasteiger partial charge on any atom is 0.417 e. The van der Waals surface area contributed by atoms with Gasteiger partial charge in [-0.25, -0.2) is 0 Å². The van der Waals surface area contributed by atoms with E-state index in [1.54, 1.807) is 0 Å². The van der Waals surface area contributed by atoms with Crippen LogP contribution in [0, 0.1) is 5.92 Å². The van der Waals surface area contributed by atoms with E-state index in [1.807, 2.05) is 13.8 Å². The highest BCUT2D eigenvalue weighted by Gasteiger charge is 2.38. The summed E-state index contributed by atoms with van der Waals surface area (Å²) in [5, 5.41) is 0. The molecule has 1 aliphatic rings. The third kappa shape index (κ3) is 3.00. The molecule has 1 aliphatic heterocycles. The van der Waals surface area contributed by atoms with Crippen molar-refractivity contribution in [3.8, 4) is 0 Å². The van der Waals surface area contributed by atoms with Crippen LogP contribution in [0.25, 0.3) is 0 Å². The Kier molecular flexibility index (Phi) is 4.14. The van der Waals surface area contributed by atoms with Crippen LogP contribution in [0.4, 0.5) is 13.2 Å². The summed E-state index contributed by atoms with van der Waals surface area (Å²) in [5.41, 5.74) is -1.16. The third-order valence-corrected chi connectivity index (χ3v) is 4.06. The fraction of sp³-hybridized carbons (Fsp3) is 0.500. The quantitative estimate of drug-likeness (QED) is 0.738. The molecule has 1 heterocycles. The molecule has 2 nitrogen and oxygen atoms in total. The number of benzene rings is 1. The Hall–Kier alpha value is -1.04. The van der Waals surface area contributed by atoms with Crippen molar-refractivity contribution >= 4 is 21.8 Å². The fourth-order valence-electron chi connectivity index (χ4n) is 2.68. The summed E-state index contributed by atoms with van der Waals surface area (Å²) in [5.74, 6) is -0.222. The molecule has 2 atom stereocenters. The number of carbonyl (C=O) groups is 1. The fourth-order valence-corrected chi connectivity index (χ4v) is 3.04. The summed E-state index contributed by atoms with van der Waals surface area (Å²) < 4.78 is 39.5. The lowest BCUT2D eigenvalue weighted by molar-refractivity contribution is -0.138. The van der Waals surface area contributed by atoms with Gasteiger partial charge >= 0.3 is 6.18 Å². The van der Waals surface area contributed by atoms with E-state index in [-0.39, 0.29) is 11.6 Å². The molecule has 1 fully saturated rings. The Morgan fingerprint density at radius 1 is 1.35 bits per heavy atom. The molecule has 1 amide bonds. The van der Waals surface area contributed by atoms with Crippen molar-refractivity contribution in [2.45, 2.75) is 32.5 Å². The molecule has 20 heavy (non-hydrogen) atoms. The molecule has 110 valence electrons. The van der Waals surface area contributed by atoms with Gasteiger partial charge in [-0.05, 0) is 37.5 Å². The number of nitrogens with zero attached hydrogens (tertiary/aromatic N) is 1. The minimum atomic E-state index is -4.54. The van der Waals surface area contributed by atoms with E-state index in [1.165, 1.54) is 17.0 Å². The molecular formula is C14H15BrF3NO. The second-order valence-electron chi connectivity index (χ2n) is 5.34. The van der Waals surface area contributed by atoms with Crippen molar-refractivity contribution in [2.75, 3.05) is 6.54 Å². The lowest BCUT2D eigenvalue weighted by Gasteiger charge is -2.23. The number of hydrogen-bond donors (Lipinski definition) is 0. The minimum Gasteiger partial charge on any atom is -0.336 e. The van der Waals surface area contributed by atoms with E-state index in [9.17, 15) is 18.0 Å². The minimum absolute atomic E-state index is 0.0257. The monoisotopic (exact) mass is 349 g/mol. The highest BCUT2D eigenvalue weighted by atomic mass is 79.9. The smallest absolute Gasteiger partial charge is 0.336 e. The van der Waals surface area contributed by atoms with Crippen LogP contribution in [0.5, 0.6) is 0 Å². The highest BCUT2D eigenvalue weighted by Crippen LogP contribution is 2.35. The van der Waals surface area contributed by atoms with Crippen LogP contribution < -0.4 is 0 Å². The molecule has 2 unspecified atom stereocenters. The normalized spacial score (nSPS) is 23.2. The number of hydrogen-bond acceptors (Lipinski definition) is 1. The average Bonchev–Trinajstić information content (AvgIpc) is 2.66. The Morgan fingerprint density at radius 3 is 2.50 bits per heavy atom. The van der Waals surface area contributed by atoms with E-state index < -0.39 is 17.6 Å². The molecule has 0 radical (unpaired) electrons. The summed E-state index contributed by atoms with van der Waals surface area (Å²) in [6.07, 6.45) is -3.72. The molecule has 2 rings (SSSR count). The molecule has 1 aromatic rings. The number of alkyl halides is 3. The summed E-state index contributed by atoms with van der Waals surface area (Å²) in [6, 6.07) is 3.64. The Balaban J connectivity index is 2.40. The van der Waals surface area contributed by atoms with Crippen molar-refractivity contribution in [3.63, 3.8) is 0 Å².